The van der Waals surface area contributed by atoms with Crippen molar-refractivity contribution in [2.75, 3.05) is 39.2 Å². The summed E-state index contributed by atoms with van der Waals surface area (Å²) in [7, 11) is 0. The van der Waals surface area contributed by atoms with Crippen molar-refractivity contribution in [3.05, 3.63) is 356 Å². The average Bonchev–Trinajstić information content (AvgIpc) is 1.54. The molecule has 0 saturated carbocycles. The fourth-order valence-corrected chi connectivity index (χ4v) is 18.9. The lowest BCUT2D eigenvalue weighted by Crippen LogP contribution is -2.33. The van der Waals surface area contributed by atoms with Crippen LogP contribution < -0.4 is 39.2 Å². The number of fused-ring (bicyclic) bond motifs is 4. The van der Waals surface area contributed by atoms with Crippen molar-refractivity contribution < 1.29 is 0 Å². The molecule has 0 unspecified atom stereocenters. The number of rotatable bonds is 13. The topological polar surface area (TPSA) is 25.9 Å². The van der Waals surface area contributed by atoms with Gasteiger partial charge in [0.15, 0.2) is 23.3 Å². The molecule has 0 aliphatic carbocycles. The predicted octanol–water partition coefficient (Wildman–Crippen LogP) is 34.1. The summed E-state index contributed by atoms with van der Waals surface area (Å²) in [6, 6.07) is 100. The van der Waals surface area contributed by atoms with E-state index in [1.807, 2.05) is 0 Å². The van der Waals surface area contributed by atoms with Gasteiger partial charge in [0.05, 0.1) is 45.5 Å². The van der Waals surface area contributed by atoms with E-state index in [0.29, 0.717) is 0 Å². The van der Waals surface area contributed by atoms with Crippen molar-refractivity contribution in [2.45, 2.75) is 289 Å². The van der Waals surface area contributed by atoms with Crippen LogP contribution in [0.15, 0.2) is 278 Å². The van der Waals surface area contributed by atoms with Crippen LogP contribution in [0.25, 0.3) is 0 Å². The minimum absolute atomic E-state index is 0.0393. The first-order chi connectivity index (χ1) is 59.7. The standard InChI is InChI=1S/C120H142N8/c1-77-71-101-102(72-78(77)2)124(94-57-39-84(40-58-94)114(14,15)16)109(123(101)93-55-37-83(38-56-93)113(11,12)13)110-125(95-59-41-85(42-60-95)115(17,18)19)103-73-79(3)80(4)74-104(103)126(110)97-63-45-87(46-64-97)119(29,30)69-70-120(31,32)88-47-65-98(66-48-88)128-106-76-90(118(26,27)28)50-68-100(106)122(92-53-35-82(36-54-92)112(8,9)10)108(128)107-121(91-51-33-81(34-52-91)111(5,6)7)99-67-49-89(117(23,24)25)75-105(99)127(107)96-61-43-86(44-62-96)116(20,21)22/h33-68,71-76H,69-70H2,1-32H3/b108-107+. The third-order valence-electron chi connectivity index (χ3n) is 28.0. The number of hydrogen-bond donors (Lipinski definition) is 0. The quantitative estimate of drug-likeness (QED) is 0.113. The molecule has 0 aromatic heterocycles. The van der Waals surface area contributed by atoms with Gasteiger partial charge in [0, 0.05) is 45.5 Å². The minimum atomic E-state index is -0.219. The van der Waals surface area contributed by atoms with Gasteiger partial charge in [-0.1, -0.05) is 303 Å². The van der Waals surface area contributed by atoms with Crippen molar-refractivity contribution in [2.24, 2.45) is 0 Å². The minimum Gasteiger partial charge on any atom is -0.291 e. The van der Waals surface area contributed by atoms with Gasteiger partial charge in [0.25, 0.3) is 0 Å². The van der Waals surface area contributed by atoms with E-state index >= 15 is 0 Å². The Kier molecular flexibility index (Phi) is 22.3. The molecule has 16 rings (SSSR count). The summed E-state index contributed by atoms with van der Waals surface area (Å²) >= 11 is 0. The molecule has 0 spiro atoms. The molecule has 0 fully saturated rings. The molecule has 12 aromatic rings. The van der Waals surface area contributed by atoms with Gasteiger partial charge >= 0.3 is 0 Å². The Hall–Kier alpha value is -11.5. The smallest absolute Gasteiger partial charge is 0.166 e. The van der Waals surface area contributed by atoms with Crippen LogP contribution in [-0.4, -0.2) is 0 Å². The molecule has 8 heteroatoms. The first-order valence-electron chi connectivity index (χ1n) is 46.9. The second kappa shape index (κ2) is 31.7. The number of benzene rings is 12. The maximum Gasteiger partial charge on any atom is 0.166 e. The van der Waals surface area contributed by atoms with Gasteiger partial charge in [-0.05, 0) is 318 Å². The number of anilines is 16. The lowest BCUT2D eigenvalue weighted by molar-refractivity contribution is 0.375. The van der Waals surface area contributed by atoms with Crippen LogP contribution in [0.4, 0.5) is 91.0 Å². The Labute approximate surface area is 769 Å². The molecule has 0 atom stereocenters. The molecule has 128 heavy (non-hydrogen) atoms. The van der Waals surface area contributed by atoms with Gasteiger partial charge in [0.2, 0.25) is 0 Å². The number of nitrogens with zero attached hydrogens (tertiary/aromatic N) is 8. The summed E-state index contributed by atoms with van der Waals surface area (Å²) in [5.74, 6) is 4.18. The third kappa shape index (κ3) is 16.7. The van der Waals surface area contributed by atoms with Crippen molar-refractivity contribution in [3.8, 4) is 0 Å². The summed E-state index contributed by atoms with van der Waals surface area (Å²) in [5.41, 5.74) is 34.7. The first kappa shape index (κ1) is 89.9. The molecule has 0 amide bonds. The zero-order valence-electron chi connectivity index (χ0n) is 83.2. The molecular weight excluding hydrogens is 1550 g/mol. The second-order valence-corrected chi connectivity index (χ2v) is 46.9. The Balaban J connectivity index is 0.827. The van der Waals surface area contributed by atoms with Crippen LogP contribution in [0.5, 0.6) is 0 Å². The largest absolute Gasteiger partial charge is 0.291 e. The van der Waals surface area contributed by atoms with Crippen LogP contribution in [0.3, 0.4) is 0 Å². The maximum atomic E-state index is 2.60. The highest BCUT2D eigenvalue weighted by Gasteiger charge is 2.49. The highest BCUT2D eigenvalue weighted by atomic mass is 15.5. The van der Waals surface area contributed by atoms with E-state index in [4.69, 9.17) is 0 Å². The van der Waals surface area contributed by atoms with Gasteiger partial charge in [-0.25, -0.2) is 0 Å². The highest BCUT2D eigenvalue weighted by molar-refractivity contribution is 6.03. The summed E-state index contributed by atoms with van der Waals surface area (Å²) in [5, 5.41) is 0. The Bertz CT molecular complexity index is 6160. The molecule has 0 bridgehead atoms. The Morgan fingerprint density at radius 3 is 0.438 bits per heavy atom. The summed E-state index contributed by atoms with van der Waals surface area (Å²) in [6.07, 6.45) is 1.90. The lowest BCUT2D eigenvalue weighted by Gasteiger charge is -2.35. The molecular formula is C120H142N8. The molecule has 0 radical (unpaired) electrons. The van der Waals surface area contributed by atoms with Gasteiger partial charge in [-0.2, -0.15) is 0 Å². The molecule has 8 nitrogen and oxygen atoms in total. The normalized spacial score (nSPS) is 15.5. The fraction of sp³-hybridized carbons (Fsp3) is 0.367. The maximum absolute atomic E-state index is 2.60. The molecule has 4 aliphatic heterocycles. The van der Waals surface area contributed by atoms with E-state index in [0.717, 1.165) is 127 Å². The highest BCUT2D eigenvalue weighted by Crippen LogP contribution is 2.62. The number of hydrogen-bond acceptors (Lipinski definition) is 8. The van der Waals surface area contributed by atoms with Gasteiger partial charge in [0.1, 0.15) is 0 Å². The first-order valence-corrected chi connectivity index (χ1v) is 46.9. The van der Waals surface area contributed by atoms with Crippen molar-refractivity contribution in [1.82, 2.24) is 0 Å². The molecule has 4 aliphatic rings. The van der Waals surface area contributed by atoms with Crippen molar-refractivity contribution in [1.29, 1.82) is 0 Å². The third-order valence-corrected chi connectivity index (χ3v) is 28.0. The van der Waals surface area contributed by atoms with E-state index < -0.39 is 0 Å². The van der Waals surface area contributed by atoms with Crippen LogP contribution in [0, 0.1) is 27.7 Å². The predicted molar refractivity (Wildman–Crippen MR) is 552 cm³/mol. The summed E-state index contributed by atoms with van der Waals surface area (Å²) in [6.45, 7) is 74.6. The molecule has 4 heterocycles. The van der Waals surface area contributed by atoms with Crippen LogP contribution in [0.2, 0.25) is 0 Å². The van der Waals surface area contributed by atoms with Crippen molar-refractivity contribution in [3.63, 3.8) is 0 Å². The summed E-state index contributed by atoms with van der Waals surface area (Å²) in [4.78, 5) is 20.6. The van der Waals surface area contributed by atoms with E-state index in [1.54, 1.807) is 0 Å². The van der Waals surface area contributed by atoms with E-state index in [2.05, 4.69) is 516 Å². The zero-order valence-corrected chi connectivity index (χ0v) is 83.2. The van der Waals surface area contributed by atoms with E-state index in [-0.39, 0.29) is 54.1 Å². The lowest BCUT2D eigenvalue weighted by atomic mass is 9.73. The second-order valence-electron chi connectivity index (χ2n) is 46.9. The molecule has 662 valence electrons. The van der Waals surface area contributed by atoms with Crippen LogP contribution in [0.1, 0.15) is 285 Å². The van der Waals surface area contributed by atoms with Gasteiger partial charge in [-0.3, -0.25) is 39.2 Å². The average molecular weight is 1700 g/mol. The van der Waals surface area contributed by atoms with E-state index in [9.17, 15) is 0 Å². The summed E-state index contributed by atoms with van der Waals surface area (Å²) < 4.78 is 0. The molecule has 12 aromatic carbocycles. The van der Waals surface area contributed by atoms with Gasteiger partial charge in [-0.15, -0.1) is 0 Å². The Morgan fingerprint density at radius 2 is 0.281 bits per heavy atom. The molecule has 0 saturated heterocycles. The SMILES string of the molecule is Cc1cc2c(cc1C)N(c1ccc(C(C)(C)C)cc1)C(=C1N(c3ccc(C(C)(C)C)cc3)c3cc(C)c(C)cc3N1c1ccc(C(C)(C)CCC(C)(C)c3ccc(N4/C(=C5\N(c6ccc(C(C)(C)C)cc6)c6ccc(C(C)(C)C)cc6N5c5ccc(C(C)(C)C)cc5)N(c5ccc(C(C)(C)C)cc5)c5ccc(C(C)(C)C)cc54)cc3)cc1)N2c1ccc(C(C)(C)C)cc1. The Morgan fingerprint density at radius 1 is 0.148 bits per heavy atom. The fourth-order valence-electron chi connectivity index (χ4n) is 18.9. The van der Waals surface area contributed by atoms with Crippen LogP contribution in [-0.2, 0) is 54.1 Å². The van der Waals surface area contributed by atoms with Crippen LogP contribution >= 0.6 is 0 Å². The van der Waals surface area contributed by atoms with Gasteiger partial charge < -0.3 is 0 Å². The zero-order chi connectivity index (χ0) is 92.4. The van der Waals surface area contributed by atoms with Crippen molar-refractivity contribution >= 4 is 91.0 Å². The molecule has 0 N–H and O–H groups in total. The number of aryl methyl sites for hydroxylation is 4. The van der Waals surface area contributed by atoms with E-state index in [1.165, 1.54) is 77.9 Å². The monoisotopic (exact) mass is 1700 g/mol.